The van der Waals surface area contributed by atoms with E-state index in [0.29, 0.717) is 13.1 Å². The number of hydrogen-bond acceptors (Lipinski definition) is 4. The second-order valence-corrected chi connectivity index (χ2v) is 6.43. The molecule has 2 aliphatic rings. The molecule has 3 rings (SSSR count). The topological polar surface area (TPSA) is 61.8 Å². The normalized spacial score (nSPS) is 20.5. The molecule has 0 aromatic heterocycles. The molecule has 5 nitrogen and oxygen atoms in total. The maximum absolute atomic E-state index is 12.2. The number of carbonyl (C=O) groups is 2. The predicted octanol–water partition coefficient (Wildman–Crippen LogP) is 1.95. The van der Waals surface area contributed by atoms with Crippen molar-refractivity contribution in [2.45, 2.75) is 25.5 Å². The van der Waals surface area contributed by atoms with Crippen LogP contribution < -0.4 is 5.32 Å². The zero-order valence-electron chi connectivity index (χ0n) is 12.0. The Morgan fingerprint density at radius 2 is 2.29 bits per heavy atom. The van der Waals surface area contributed by atoms with Crippen LogP contribution in [0.1, 0.15) is 17.5 Å². The fourth-order valence-corrected chi connectivity index (χ4v) is 3.66. The van der Waals surface area contributed by atoms with Gasteiger partial charge in [0.2, 0.25) is 11.8 Å². The molecule has 0 radical (unpaired) electrons. The van der Waals surface area contributed by atoms with E-state index in [9.17, 15) is 9.59 Å². The number of amides is 2. The Balaban J connectivity index is 1.65. The first-order valence-electron chi connectivity index (χ1n) is 6.95. The molecule has 2 aliphatic heterocycles. The Hall–Kier alpha value is -1.82. The number of fused-ring (bicyclic) bond motifs is 1. The highest BCUT2D eigenvalue weighted by molar-refractivity contribution is 8.15. The van der Waals surface area contributed by atoms with Gasteiger partial charge in [0.15, 0.2) is 5.17 Å². The largest absolute Gasteiger partial charge is 0.326 e. The molecule has 1 saturated heterocycles. The number of anilines is 1. The van der Waals surface area contributed by atoms with Crippen molar-refractivity contribution in [3.8, 4) is 0 Å². The van der Waals surface area contributed by atoms with Gasteiger partial charge in [-0.3, -0.25) is 19.5 Å². The van der Waals surface area contributed by atoms with Crippen LogP contribution in [0.4, 0.5) is 5.69 Å². The molecule has 0 unspecified atom stereocenters. The lowest BCUT2D eigenvalue weighted by molar-refractivity contribution is -0.127. The van der Waals surface area contributed by atoms with Crippen LogP contribution in [0.25, 0.3) is 0 Å². The van der Waals surface area contributed by atoms with E-state index in [1.165, 1.54) is 11.8 Å². The second kappa shape index (κ2) is 5.52. The van der Waals surface area contributed by atoms with E-state index in [1.807, 2.05) is 32.0 Å². The van der Waals surface area contributed by atoms with Crippen molar-refractivity contribution >= 4 is 34.4 Å². The molecule has 1 aromatic carbocycles. The summed E-state index contributed by atoms with van der Waals surface area (Å²) in [4.78, 5) is 30.3. The first kappa shape index (κ1) is 14.1. The van der Waals surface area contributed by atoms with Crippen molar-refractivity contribution < 1.29 is 9.59 Å². The lowest BCUT2D eigenvalue weighted by Gasteiger charge is -2.12. The summed E-state index contributed by atoms with van der Waals surface area (Å²) in [5.41, 5.74) is 3.00. The molecule has 110 valence electrons. The van der Waals surface area contributed by atoms with Gasteiger partial charge in [-0.05, 0) is 31.0 Å². The van der Waals surface area contributed by atoms with E-state index in [0.717, 1.165) is 22.0 Å². The highest BCUT2D eigenvalue weighted by Crippen LogP contribution is 2.32. The molecule has 2 amide bonds. The molecular formula is C15H17N3O2S. The Morgan fingerprint density at radius 1 is 1.48 bits per heavy atom. The van der Waals surface area contributed by atoms with Crippen LogP contribution >= 0.6 is 11.8 Å². The first-order chi connectivity index (χ1) is 10.1. The lowest BCUT2D eigenvalue weighted by Crippen LogP contribution is -2.32. The van der Waals surface area contributed by atoms with Crippen molar-refractivity contribution in [3.05, 3.63) is 29.3 Å². The molecule has 0 spiro atoms. The van der Waals surface area contributed by atoms with Crippen molar-refractivity contribution in [1.82, 2.24) is 4.90 Å². The number of hydrogen-bond donors (Lipinski definition) is 1. The minimum Gasteiger partial charge on any atom is -0.326 e. The van der Waals surface area contributed by atoms with Gasteiger partial charge in [-0.1, -0.05) is 23.9 Å². The average molecular weight is 303 g/mol. The second-order valence-electron chi connectivity index (χ2n) is 5.26. The fourth-order valence-electron chi connectivity index (χ4n) is 2.47. The molecule has 1 fully saturated rings. The van der Waals surface area contributed by atoms with Gasteiger partial charge in [0, 0.05) is 18.7 Å². The minimum absolute atomic E-state index is 0.00682. The molecule has 1 N–H and O–H groups in total. The van der Waals surface area contributed by atoms with E-state index in [2.05, 4.69) is 10.3 Å². The van der Waals surface area contributed by atoms with Gasteiger partial charge in [0.25, 0.3) is 0 Å². The number of nitrogens with one attached hydrogen (secondary N) is 1. The Bertz CT molecular complexity index is 642. The Kier molecular flexibility index (Phi) is 3.71. The summed E-state index contributed by atoms with van der Waals surface area (Å²) in [5.74, 6) is -0.122. The van der Waals surface area contributed by atoms with Crippen LogP contribution in [0.5, 0.6) is 0 Å². The summed E-state index contributed by atoms with van der Waals surface area (Å²) in [5, 5.41) is 3.33. The standard InChI is InChI=1S/C15H17N3O2S/c1-9-4-3-5-11(10(9)2)17-13(19)8-12-14(20)18-7-6-16-15(18)21-12/h3-5,12H,6-8H2,1-2H3,(H,17,19)/t12-/m0/s1. The maximum Gasteiger partial charge on any atom is 0.242 e. The van der Waals surface area contributed by atoms with E-state index < -0.39 is 0 Å². The van der Waals surface area contributed by atoms with Crippen molar-refractivity contribution in [1.29, 1.82) is 0 Å². The molecule has 1 aromatic rings. The van der Waals surface area contributed by atoms with Crippen LogP contribution in [0.3, 0.4) is 0 Å². The first-order valence-corrected chi connectivity index (χ1v) is 7.83. The molecular weight excluding hydrogens is 286 g/mol. The molecule has 2 heterocycles. The van der Waals surface area contributed by atoms with Gasteiger partial charge < -0.3 is 5.32 Å². The summed E-state index contributed by atoms with van der Waals surface area (Å²) in [6, 6.07) is 5.80. The minimum atomic E-state index is -0.339. The van der Waals surface area contributed by atoms with E-state index >= 15 is 0 Å². The maximum atomic E-state index is 12.2. The van der Waals surface area contributed by atoms with Crippen molar-refractivity contribution in [2.75, 3.05) is 18.4 Å². The van der Waals surface area contributed by atoms with E-state index in [4.69, 9.17) is 0 Å². The molecule has 1 atom stereocenters. The monoisotopic (exact) mass is 303 g/mol. The number of thioether (sulfide) groups is 1. The number of aliphatic imine (C=N–C) groups is 1. The van der Waals surface area contributed by atoms with E-state index in [1.54, 1.807) is 4.90 Å². The van der Waals surface area contributed by atoms with Gasteiger partial charge in [0.1, 0.15) is 5.25 Å². The van der Waals surface area contributed by atoms with Gasteiger partial charge in [-0.25, -0.2) is 0 Å². The smallest absolute Gasteiger partial charge is 0.242 e. The summed E-state index contributed by atoms with van der Waals surface area (Å²) in [6.45, 7) is 5.31. The fraction of sp³-hybridized carbons (Fsp3) is 0.400. The highest BCUT2D eigenvalue weighted by atomic mass is 32.2. The van der Waals surface area contributed by atoms with Crippen molar-refractivity contribution in [3.63, 3.8) is 0 Å². The molecule has 21 heavy (non-hydrogen) atoms. The Morgan fingerprint density at radius 3 is 3.05 bits per heavy atom. The lowest BCUT2D eigenvalue weighted by atomic mass is 10.1. The highest BCUT2D eigenvalue weighted by Gasteiger charge is 2.40. The molecule has 6 heteroatoms. The Labute approximate surface area is 127 Å². The summed E-state index contributed by atoms with van der Waals surface area (Å²) in [7, 11) is 0. The number of carbonyl (C=O) groups excluding carboxylic acids is 2. The number of aryl methyl sites for hydroxylation is 1. The third-order valence-corrected chi connectivity index (χ3v) is 5.05. The number of amidine groups is 1. The molecule has 0 aliphatic carbocycles. The van der Waals surface area contributed by atoms with Gasteiger partial charge in [0.05, 0.1) is 6.54 Å². The SMILES string of the molecule is Cc1cccc(NC(=O)C[C@@H]2SC3=NCCN3C2=O)c1C. The van der Waals surface area contributed by atoms with Crippen LogP contribution in [0.2, 0.25) is 0 Å². The van der Waals surface area contributed by atoms with Gasteiger partial charge >= 0.3 is 0 Å². The zero-order chi connectivity index (χ0) is 15.0. The summed E-state index contributed by atoms with van der Waals surface area (Å²) < 4.78 is 0. The summed E-state index contributed by atoms with van der Waals surface area (Å²) in [6.07, 6.45) is 0.187. The van der Waals surface area contributed by atoms with E-state index in [-0.39, 0.29) is 23.5 Å². The van der Waals surface area contributed by atoms with Gasteiger partial charge in [-0.2, -0.15) is 0 Å². The average Bonchev–Trinajstić information content (AvgIpc) is 3.00. The summed E-state index contributed by atoms with van der Waals surface area (Å²) >= 11 is 1.40. The number of rotatable bonds is 3. The molecule has 0 bridgehead atoms. The number of nitrogens with zero attached hydrogens (tertiary/aromatic N) is 2. The van der Waals surface area contributed by atoms with Crippen molar-refractivity contribution in [2.24, 2.45) is 4.99 Å². The molecule has 0 saturated carbocycles. The third kappa shape index (κ3) is 2.68. The van der Waals surface area contributed by atoms with Crippen LogP contribution in [0.15, 0.2) is 23.2 Å². The van der Waals surface area contributed by atoms with Crippen LogP contribution in [-0.2, 0) is 9.59 Å². The van der Waals surface area contributed by atoms with Gasteiger partial charge in [-0.15, -0.1) is 0 Å². The van der Waals surface area contributed by atoms with Crippen LogP contribution in [0, 0.1) is 13.8 Å². The third-order valence-electron chi connectivity index (χ3n) is 3.84. The predicted molar refractivity (Wildman–Crippen MR) is 84.6 cm³/mol. The number of benzene rings is 1. The van der Waals surface area contributed by atoms with Crippen LogP contribution in [-0.4, -0.2) is 40.2 Å². The quantitative estimate of drug-likeness (QED) is 0.928. The zero-order valence-corrected chi connectivity index (χ0v) is 12.9.